The fraction of sp³-hybridized carbons (Fsp3) is 0.100. The molecule has 6 heteroatoms. The molecule has 0 unspecified atom stereocenters. The zero-order valence-corrected chi connectivity index (χ0v) is 14.1. The first-order chi connectivity index (χ1) is 12.5. The second kappa shape index (κ2) is 7.45. The van der Waals surface area contributed by atoms with Gasteiger partial charge < -0.3 is 10.3 Å². The van der Waals surface area contributed by atoms with Crippen LogP contribution in [0.4, 0.5) is 5.69 Å². The van der Waals surface area contributed by atoms with Crippen LogP contribution in [0.2, 0.25) is 0 Å². The van der Waals surface area contributed by atoms with E-state index >= 15 is 0 Å². The maximum atomic E-state index is 12.4. The Hall–Kier alpha value is -3.72. The number of hydrogen-bond donors (Lipinski definition) is 2. The molecule has 0 bridgehead atoms. The summed E-state index contributed by atoms with van der Waals surface area (Å²) in [7, 11) is 0. The molecular weight excluding hydrogens is 328 g/mol. The molecular formula is C20H16N4O2. The van der Waals surface area contributed by atoms with Crippen LogP contribution in [0.25, 0.3) is 11.4 Å². The summed E-state index contributed by atoms with van der Waals surface area (Å²) in [6, 6.07) is 17.5. The third kappa shape index (κ3) is 4.02. The number of nitrogens with one attached hydrogen (secondary N) is 2. The van der Waals surface area contributed by atoms with Gasteiger partial charge in [-0.25, -0.2) is 4.98 Å². The molecule has 128 valence electrons. The van der Waals surface area contributed by atoms with Gasteiger partial charge in [-0.2, -0.15) is 5.26 Å². The molecule has 0 radical (unpaired) electrons. The van der Waals surface area contributed by atoms with Gasteiger partial charge in [-0.15, -0.1) is 0 Å². The molecule has 0 aliphatic heterocycles. The molecule has 3 rings (SSSR count). The first-order valence-corrected chi connectivity index (χ1v) is 8.01. The zero-order chi connectivity index (χ0) is 18.5. The highest BCUT2D eigenvalue weighted by Gasteiger charge is 2.08. The van der Waals surface area contributed by atoms with Crippen molar-refractivity contribution in [2.45, 2.75) is 13.3 Å². The average molecular weight is 344 g/mol. The van der Waals surface area contributed by atoms with E-state index < -0.39 is 0 Å². The highest BCUT2D eigenvalue weighted by molar-refractivity contribution is 6.04. The van der Waals surface area contributed by atoms with Crippen molar-refractivity contribution in [2.24, 2.45) is 0 Å². The molecule has 3 aromatic rings. The fourth-order valence-electron chi connectivity index (χ4n) is 2.54. The van der Waals surface area contributed by atoms with Gasteiger partial charge in [0.05, 0.1) is 12.5 Å². The summed E-state index contributed by atoms with van der Waals surface area (Å²) in [6.07, 6.45) is 0.261. The van der Waals surface area contributed by atoms with Crippen molar-refractivity contribution in [3.63, 3.8) is 0 Å². The molecule has 0 aliphatic carbocycles. The Labute approximate surface area is 150 Å². The van der Waals surface area contributed by atoms with Gasteiger partial charge in [-0.3, -0.25) is 9.59 Å². The molecule has 0 spiro atoms. The molecule has 2 N–H and O–H groups in total. The summed E-state index contributed by atoms with van der Waals surface area (Å²) >= 11 is 0. The zero-order valence-electron chi connectivity index (χ0n) is 14.1. The maximum absolute atomic E-state index is 12.4. The number of nitrogens with zero attached hydrogens (tertiary/aromatic N) is 2. The minimum atomic E-state index is -0.250. The SMILES string of the molecule is Cc1cc(=O)[nH]c(-c2ccc(NC(=O)c3cccc(CC#N)c3)cc2)n1. The monoisotopic (exact) mass is 344 g/mol. The van der Waals surface area contributed by atoms with E-state index in [1.807, 2.05) is 6.07 Å². The number of aromatic nitrogens is 2. The Balaban J connectivity index is 1.77. The summed E-state index contributed by atoms with van der Waals surface area (Å²) in [6.45, 7) is 1.76. The third-order valence-corrected chi connectivity index (χ3v) is 3.76. The van der Waals surface area contributed by atoms with Crippen molar-refractivity contribution < 1.29 is 4.79 Å². The van der Waals surface area contributed by atoms with Crippen molar-refractivity contribution in [1.29, 1.82) is 5.26 Å². The lowest BCUT2D eigenvalue weighted by Crippen LogP contribution is -2.12. The van der Waals surface area contributed by atoms with Crippen LogP contribution in [0.1, 0.15) is 21.6 Å². The highest BCUT2D eigenvalue weighted by atomic mass is 16.1. The van der Waals surface area contributed by atoms with Crippen LogP contribution in [0.15, 0.2) is 59.4 Å². The standard InChI is InChI=1S/C20H16N4O2/c1-13-11-18(25)24-19(22-13)15-5-7-17(8-6-15)23-20(26)16-4-2-3-14(12-16)9-10-21/h2-8,11-12H,9H2,1H3,(H,23,26)(H,22,24,25). The minimum absolute atomic E-state index is 0.206. The van der Waals surface area contributed by atoms with Gasteiger partial charge in [0.2, 0.25) is 0 Å². The highest BCUT2D eigenvalue weighted by Crippen LogP contribution is 2.18. The Bertz CT molecular complexity index is 1050. The smallest absolute Gasteiger partial charge is 0.255 e. The number of amides is 1. The van der Waals surface area contributed by atoms with Crippen molar-refractivity contribution in [3.8, 4) is 17.5 Å². The molecule has 1 amide bonds. The second-order valence-electron chi connectivity index (χ2n) is 5.80. The summed E-state index contributed by atoms with van der Waals surface area (Å²) in [5.74, 6) is 0.233. The van der Waals surface area contributed by atoms with Gasteiger partial charge in [-0.05, 0) is 48.9 Å². The van der Waals surface area contributed by atoms with E-state index in [9.17, 15) is 9.59 Å². The number of aromatic amines is 1. The largest absolute Gasteiger partial charge is 0.322 e. The first kappa shape index (κ1) is 17.1. The molecule has 1 heterocycles. The number of anilines is 1. The van der Waals surface area contributed by atoms with Crippen LogP contribution in [-0.4, -0.2) is 15.9 Å². The van der Waals surface area contributed by atoms with Crippen molar-refractivity contribution in [1.82, 2.24) is 9.97 Å². The molecule has 0 atom stereocenters. The van der Waals surface area contributed by atoms with Crippen LogP contribution in [0.5, 0.6) is 0 Å². The van der Waals surface area contributed by atoms with Gasteiger partial charge in [0.25, 0.3) is 11.5 Å². The average Bonchev–Trinajstić information content (AvgIpc) is 2.62. The van der Waals surface area contributed by atoms with Crippen molar-refractivity contribution in [3.05, 3.63) is 81.8 Å². The summed E-state index contributed by atoms with van der Waals surface area (Å²) < 4.78 is 0. The van der Waals surface area contributed by atoms with E-state index in [-0.39, 0.29) is 17.9 Å². The number of carbonyl (C=O) groups is 1. The van der Waals surface area contributed by atoms with E-state index in [1.165, 1.54) is 6.07 Å². The fourth-order valence-corrected chi connectivity index (χ4v) is 2.54. The molecule has 26 heavy (non-hydrogen) atoms. The van der Waals surface area contributed by atoms with E-state index in [0.717, 1.165) is 11.1 Å². The Morgan fingerprint density at radius 3 is 2.65 bits per heavy atom. The van der Waals surface area contributed by atoms with Crippen LogP contribution in [0, 0.1) is 18.3 Å². The number of H-pyrrole nitrogens is 1. The number of aryl methyl sites for hydroxylation is 1. The lowest BCUT2D eigenvalue weighted by Gasteiger charge is -2.07. The van der Waals surface area contributed by atoms with Gasteiger partial charge in [0.15, 0.2) is 0 Å². The van der Waals surface area contributed by atoms with E-state index in [0.29, 0.717) is 22.8 Å². The number of carbonyl (C=O) groups excluding carboxylic acids is 1. The van der Waals surface area contributed by atoms with Gasteiger partial charge in [0.1, 0.15) is 5.82 Å². The Morgan fingerprint density at radius 2 is 1.96 bits per heavy atom. The summed E-state index contributed by atoms with van der Waals surface area (Å²) in [4.78, 5) is 30.9. The van der Waals surface area contributed by atoms with Gasteiger partial charge >= 0.3 is 0 Å². The topological polar surface area (TPSA) is 98.6 Å². The van der Waals surface area contributed by atoms with Gasteiger partial charge in [0, 0.05) is 28.6 Å². The van der Waals surface area contributed by atoms with Crippen LogP contribution >= 0.6 is 0 Å². The normalized spacial score (nSPS) is 10.2. The molecule has 0 fully saturated rings. The predicted molar refractivity (Wildman–Crippen MR) is 98.7 cm³/mol. The van der Waals surface area contributed by atoms with Crippen molar-refractivity contribution in [2.75, 3.05) is 5.32 Å². The second-order valence-corrected chi connectivity index (χ2v) is 5.80. The lowest BCUT2D eigenvalue weighted by atomic mass is 10.1. The molecule has 0 saturated carbocycles. The molecule has 0 saturated heterocycles. The number of nitriles is 1. The minimum Gasteiger partial charge on any atom is -0.322 e. The first-order valence-electron chi connectivity index (χ1n) is 8.01. The van der Waals surface area contributed by atoms with Crippen LogP contribution < -0.4 is 10.9 Å². The van der Waals surface area contributed by atoms with Crippen molar-refractivity contribution >= 4 is 11.6 Å². The quantitative estimate of drug-likeness (QED) is 0.760. The number of rotatable bonds is 4. The van der Waals surface area contributed by atoms with Crippen LogP contribution in [0.3, 0.4) is 0 Å². The molecule has 2 aromatic carbocycles. The van der Waals surface area contributed by atoms with E-state index in [2.05, 4.69) is 21.4 Å². The predicted octanol–water partition coefficient (Wildman–Crippen LogP) is 3.06. The van der Waals surface area contributed by atoms with E-state index in [1.54, 1.807) is 49.4 Å². The summed E-state index contributed by atoms with van der Waals surface area (Å²) in [5.41, 5.74) is 3.09. The molecule has 1 aromatic heterocycles. The molecule has 0 aliphatic rings. The van der Waals surface area contributed by atoms with E-state index in [4.69, 9.17) is 5.26 Å². The number of benzene rings is 2. The van der Waals surface area contributed by atoms with Gasteiger partial charge in [-0.1, -0.05) is 12.1 Å². The maximum Gasteiger partial charge on any atom is 0.255 e. The lowest BCUT2D eigenvalue weighted by molar-refractivity contribution is 0.102. The Morgan fingerprint density at radius 1 is 1.19 bits per heavy atom. The summed E-state index contributed by atoms with van der Waals surface area (Å²) in [5, 5.41) is 11.6. The van der Waals surface area contributed by atoms with Crippen LogP contribution in [-0.2, 0) is 6.42 Å². The molecule has 6 nitrogen and oxygen atoms in total. The number of hydrogen-bond acceptors (Lipinski definition) is 4. The Kier molecular flexibility index (Phi) is 4.90. The third-order valence-electron chi connectivity index (χ3n) is 3.76.